The van der Waals surface area contributed by atoms with Crippen molar-refractivity contribution in [2.24, 2.45) is 5.41 Å². The molecule has 1 aliphatic rings. The van der Waals surface area contributed by atoms with Crippen LogP contribution in [0.5, 0.6) is 0 Å². The Labute approximate surface area is 119 Å². The number of hydrogen-bond donors (Lipinski definition) is 0. The molecule has 0 spiro atoms. The van der Waals surface area contributed by atoms with Crippen molar-refractivity contribution < 1.29 is 0 Å². The summed E-state index contributed by atoms with van der Waals surface area (Å²) in [6.45, 7) is 1.65. The van der Waals surface area contributed by atoms with Gasteiger partial charge in [0.05, 0.1) is 0 Å². The van der Waals surface area contributed by atoms with Crippen LogP contribution >= 0.6 is 0 Å². The van der Waals surface area contributed by atoms with Crippen LogP contribution in [-0.4, -0.2) is 15.0 Å². The molecule has 0 atom stereocenters. The number of nitrogens with zero attached hydrogens (tertiary/aromatic N) is 2. The molecule has 3 heteroatoms. The van der Waals surface area contributed by atoms with Crippen LogP contribution in [0.2, 0.25) is 0 Å². The Morgan fingerprint density at radius 3 is 2.32 bits per heavy atom. The number of nitriles is 2. The molecular formula is C16H12N2Se. The summed E-state index contributed by atoms with van der Waals surface area (Å²) in [5, 5.41) is 18.3. The Kier molecular flexibility index (Phi) is 4.03. The number of rotatable bonds is 4. The third kappa shape index (κ3) is 3.24. The van der Waals surface area contributed by atoms with E-state index in [0.717, 1.165) is 10.0 Å². The van der Waals surface area contributed by atoms with Crippen LogP contribution in [0.25, 0.3) is 0 Å². The van der Waals surface area contributed by atoms with Crippen LogP contribution in [0.15, 0.2) is 64.7 Å². The fraction of sp³-hybridized carbons (Fsp3) is 0.125. The Hall–Kier alpha value is -2.06. The predicted octanol–water partition coefficient (Wildman–Crippen LogP) is 2.45. The Balaban J connectivity index is 2.31. The van der Waals surface area contributed by atoms with Gasteiger partial charge in [-0.2, -0.15) is 0 Å². The van der Waals surface area contributed by atoms with Crippen LogP contribution < -0.4 is 4.46 Å². The summed E-state index contributed by atoms with van der Waals surface area (Å²) in [7, 11) is 0. The van der Waals surface area contributed by atoms with Crippen molar-refractivity contribution in [3.63, 3.8) is 0 Å². The predicted molar refractivity (Wildman–Crippen MR) is 76.5 cm³/mol. The van der Waals surface area contributed by atoms with Gasteiger partial charge < -0.3 is 0 Å². The second-order valence-electron chi connectivity index (χ2n) is 4.33. The Morgan fingerprint density at radius 2 is 1.84 bits per heavy atom. The third-order valence-corrected chi connectivity index (χ3v) is 4.96. The maximum absolute atomic E-state index is 9.13. The summed E-state index contributed by atoms with van der Waals surface area (Å²) in [4.78, 5) is 0. The molecule has 2 nitrogen and oxygen atoms in total. The zero-order chi connectivity index (χ0) is 13.7. The van der Waals surface area contributed by atoms with Crippen LogP contribution in [0.4, 0.5) is 0 Å². The van der Waals surface area contributed by atoms with Crippen LogP contribution in [0.1, 0.15) is 6.92 Å². The third-order valence-electron chi connectivity index (χ3n) is 2.69. The number of hydrogen-bond acceptors (Lipinski definition) is 2. The number of benzene rings is 1. The van der Waals surface area contributed by atoms with Crippen LogP contribution in [0.3, 0.4) is 0 Å². The van der Waals surface area contributed by atoms with E-state index in [1.807, 2.05) is 36.4 Å². The average molecular weight is 311 g/mol. The zero-order valence-electron chi connectivity index (χ0n) is 10.5. The van der Waals surface area contributed by atoms with E-state index in [1.54, 1.807) is 13.0 Å². The van der Waals surface area contributed by atoms with E-state index in [-0.39, 0.29) is 15.0 Å². The van der Waals surface area contributed by atoms with Gasteiger partial charge in [-0.25, -0.2) is 0 Å². The van der Waals surface area contributed by atoms with E-state index >= 15 is 0 Å². The van der Waals surface area contributed by atoms with E-state index in [4.69, 9.17) is 10.5 Å². The summed E-state index contributed by atoms with van der Waals surface area (Å²) in [5.74, 6) is 0. The summed E-state index contributed by atoms with van der Waals surface area (Å²) in [5.41, 5.74) is 0.0661. The van der Waals surface area contributed by atoms with E-state index < -0.39 is 5.41 Å². The zero-order valence-corrected chi connectivity index (χ0v) is 12.2. The van der Waals surface area contributed by atoms with E-state index in [2.05, 4.69) is 24.3 Å². The molecule has 0 radical (unpaired) electrons. The first-order valence-corrected chi connectivity index (χ1v) is 7.55. The van der Waals surface area contributed by atoms with Crippen molar-refractivity contribution >= 4 is 19.4 Å². The molecule has 0 heterocycles. The van der Waals surface area contributed by atoms with Gasteiger partial charge in [0.1, 0.15) is 0 Å². The first-order chi connectivity index (χ1) is 9.17. The molecule has 0 saturated heterocycles. The maximum atomic E-state index is 9.13. The van der Waals surface area contributed by atoms with Gasteiger partial charge in [-0.05, 0) is 0 Å². The van der Waals surface area contributed by atoms with Gasteiger partial charge in [-0.3, -0.25) is 0 Å². The quantitative estimate of drug-likeness (QED) is 0.802. The molecule has 1 aliphatic carbocycles. The van der Waals surface area contributed by atoms with E-state index in [9.17, 15) is 0 Å². The fourth-order valence-electron chi connectivity index (χ4n) is 1.50. The second-order valence-corrected chi connectivity index (χ2v) is 6.67. The molecule has 1 aromatic rings. The van der Waals surface area contributed by atoms with Gasteiger partial charge in [0.2, 0.25) is 0 Å². The van der Waals surface area contributed by atoms with Crippen LogP contribution in [-0.2, 0) is 0 Å². The minimum atomic E-state index is -1.06. The molecule has 0 saturated carbocycles. The summed E-state index contributed by atoms with van der Waals surface area (Å²) in [6.07, 6.45) is 7.81. The van der Waals surface area contributed by atoms with Crippen molar-refractivity contribution in [3.8, 4) is 12.1 Å². The van der Waals surface area contributed by atoms with Gasteiger partial charge in [0.25, 0.3) is 0 Å². The van der Waals surface area contributed by atoms with Crippen LogP contribution in [0, 0.1) is 28.1 Å². The molecule has 0 N–H and O–H groups in total. The minimum absolute atomic E-state index is 0.104. The Bertz CT molecular complexity index is 626. The van der Waals surface area contributed by atoms with Crippen molar-refractivity contribution in [2.45, 2.75) is 6.92 Å². The first kappa shape index (κ1) is 13.4. The van der Waals surface area contributed by atoms with Crippen molar-refractivity contribution in [2.75, 3.05) is 0 Å². The topological polar surface area (TPSA) is 47.6 Å². The van der Waals surface area contributed by atoms with Gasteiger partial charge >= 0.3 is 119 Å². The molecule has 1 aromatic carbocycles. The average Bonchev–Trinajstić information content (AvgIpc) is 2.37. The summed E-state index contributed by atoms with van der Waals surface area (Å²) < 4.78 is 2.33. The van der Waals surface area contributed by atoms with Crippen molar-refractivity contribution in [1.82, 2.24) is 0 Å². The van der Waals surface area contributed by atoms with Crippen molar-refractivity contribution in [3.05, 3.63) is 64.7 Å². The molecule has 0 aliphatic heterocycles. The van der Waals surface area contributed by atoms with Gasteiger partial charge in [-0.15, -0.1) is 0 Å². The van der Waals surface area contributed by atoms with E-state index in [1.165, 1.54) is 4.46 Å². The molecular weight excluding hydrogens is 299 g/mol. The standard InChI is InChI=1S/C16H12N2Se/c1-16(11-17,12-18)10-15(13-6-5-7-13)19-14-8-3-2-4-9-14/h2-10H,1H3/b15-10+. The Morgan fingerprint density at radius 1 is 1.21 bits per heavy atom. The molecule has 0 amide bonds. The van der Waals surface area contributed by atoms with Gasteiger partial charge in [0, 0.05) is 0 Å². The monoisotopic (exact) mass is 312 g/mol. The molecule has 0 unspecified atom stereocenters. The SMILES string of the molecule is CC(C#N)(C#N)/C=C(/[Se]c1ccccc1)C1=CC=C1. The van der Waals surface area contributed by atoms with Gasteiger partial charge in [0.15, 0.2) is 0 Å². The normalized spacial score (nSPS) is 14.1. The molecule has 0 bridgehead atoms. The summed E-state index contributed by atoms with van der Waals surface area (Å²) in [6, 6.07) is 14.3. The molecule has 2 rings (SSSR count). The first-order valence-electron chi connectivity index (χ1n) is 5.84. The van der Waals surface area contributed by atoms with E-state index in [0.29, 0.717) is 0 Å². The second kappa shape index (κ2) is 5.72. The fourth-order valence-corrected chi connectivity index (χ4v) is 3.79. The summed E-state index contributed by atoms with van der Waals surface area (Å²) >= 11 is 0.104. The number of allylic oxidation sites excluding steroid dienone is 6. The van der Waals surface area contributed by atoms with Crippen molar-refractivity contribution in [1.29, 1.82) is 10.5 Å². The molecule has 0 fully saturated rings. The molecule has 0 aromatic heterocycles. The molecule has 92 valence electrons. The molecule has 19 heavy (non-hydrogen) atoms. The van der Waals surface area contributed by atoms with Gasteiger partial charge in [-0.1, -0.05) is 0 Å².